The van der Waals surface area contributed by atoms with E-state index in [4.69, 9.17) is 20.8 Å². The Bertz CT molecular complexity index is 842. The van der Waals surface area contributed by atoms with Crippen LogP contribution < -0.4 is 10.4 Å². The van der Waals surface area contributed by atoms with Gasteiger partial charge in [-0.3, -0.25) is 0 Å². The molecule has 0 spiro atoms. The number of hydrogen-bond acceptors (Lipinski definition) is 4. The number of aryl methyl sites for hydroxylation is 1. The Morgan fingerprint density at radius 3 is 2.75 bits per heavy atom. The highest BCUT2D eigenvalue weighted by atomic mass is 35.5. The number of ether oxygens (including phenoxy) is 1. The number of aromatic nitrogens is 1. The second kappa shape index (κ2) is 4.98. The minimum Gasteiger partial charge on any atom is -0.457 e. The molecule has 3 rings (SSSR count). The summed E-state index contributed by atoms with van der Waals surface area (Å²) in [4.78, 5) is 15.3. The van der Waals surface area contributed by atoms with Gasteiger partial charge >= 0.3 is 5.63 Å². The molecule has 0 saturated carbocycles. The maximum atomic E-state index is 11.4. The van der Waals surface area contributed by atoms with Gasteiger partial charge in [0.15, 0.2) is 0 Å². The lowest BCUT2D eigenvalue weighted by atomic mass is 10.1. The molecule has 0 bridgehead atoms. The molecule has 20 heavy (non-hydrogen) atoms. The molecule has 0 amide bonds. The van der Waals surface area contributed by atoms with E-state index < -0.39 is 0 Å². The van der Waals surface area contributed by atoms with E-state index in [0.717, 1.165) is 10.9 Å². The number of benzene rings is 1. The zero-order valence-corrected chi connectivity index (χ0v) is 11.3. The Labute approximate surface area is 119 Å². The molecule has 1 aromatic carbocycles. The van der Waals surface area contributed by atoms with Crippen LogP contribution in [0.2, 0.25) is 5.15 Å². The van der Waals surface area contributed by atoms with Crippen LogP contribution in [-0.2, 0) is 0 Å². The van der Waals surface area contributed by atoms with Gasteiger partial charge in [-0.15, -0.1) is 0 Å². The van der Waals surface area contributed by atoms with Crippen molar-refractivity contribution < 1.29 is 9.15 Å². The molecular formula is C15H10ClNO3. The molecule has 0 aliphatic heterocycles. The van der Waals surface area contributed by atoms with E-state index in [0.29, 0.717) is 22.2 Å². The minimum absolute atomic E-state index is 0.352. The number of fused-ring (bicyclic) bond motifs is 1. The van der Waals surface area contributed by atoms with Crippen molar-refractivity contribution in [2.75, 3.05) is 0 Å². The standard InChI is InChI=1S/C15H10ClNO3/c1-9-6-15(18)20-13-7-10(2-3-12(9)13)19-11-4-5-17-14(16)8-11/h2-8H,1H3. The molecule has 3 aromatic rings. The van der Waals surface area contributed by atoms with E-state index in [1.807, 2.05) is 19.1 Å². The van der Waals surface area contributed by atoms with Crippen molar-refractivity contribution in [3.8, 4) is 11.5 Å². The SMILES string of the molecule is Cc1cc(=O)oc2cc(Oc3ccnc(Cl)c3)ccc12. The van der Waals surface area contributed by atoms with Crippen LogP contribution >= 0.6 is 11.6 Å². The predicted molar refractivity (Wildman–Crippen MR) is 76.5 cm³/mol. The Morgan fingerprint density at radius 1 is 1.15 bits per heavy atom. The lowest BCUT2D eigenvalue weighted by molar-refractivity contribution is 0.479. The van der Waals surface area contributed by atoms with E-state index in [1.165, 1.54) is 6.07 Å². The largest absolute Gasteiger partial charge is 0.457 e. The van der Waals surface area contributed by atoms with Gasteiger partial charge in [-0.2, -0.15) is 0 Å². The van der Waals surface area contributed by atoms with Crippen molar-refractivity contribution in [1.82, 2.24) is 4.98 Å². The quantitative estimate of drug-likeness (QED) is 0.529. The van der Waals surface area contributed by atoms with Gasteiger partial charge in [0.25, 0.3) is 0 Å². The number of halogens is 1. The average molecular weight is 288 g/mol. The topological polar surface area (TPSA) is 52.3 Å². The molecule has 2 heterocycles. The normalized spacial score (nSPS) is 10.7. The summed E-state index contributed by atoms with van der Waals surface area (Å²) in [5.74, 6) is 1.13. The molecule has 5 heteroatoms. The van der Waals surface area contributed by atoms with Crippen molar-refractivity contribution in [2.24, 2.45) is 0 Å². The van der Waals surface area contributed by atoms with Gasteiger partial charge in [-0.05, 0) is 30.7 Å². The third-order valence-electron chi connectivity index (χ3n) is 2.86. The second-order valence-corrected chi connectivity index (χ2v) is 4.71. The van der Waals surface area contributed by atoms with E-state index in [1.54, 1.807) is 24.4 Å². The highest BCUT2D eigenvalue weighted by Gasteiger charge is 2.05. The van der Waals surface area contributed by atoms with Gasteiger partial charge < -0.3 is 9.15 Å². The van der Waals surface area contributed by atoms with Crippen molar-refractivity contribution in [2.45, 2.75) is 6.92 Å². The van der Waals surface area contributed by atoms with Crippen molar-refractivity contribution >= 4 is 22.6 Å². The average Bonchev–Trinajstić information content (AvgIpc) is 2.38. The summed E-state index contributed by atoms with van der Waals surface area (Å²) in [5.41, 5.74) is 0.988. The van der Waals surface area contributed by atoms with E-state index in [9.17, 15) is 4.79 Å². The van der Waals surface area contributed by atoms with Crippen molar-refractivity contribution in [3.63, 3.8) is 0 Å². The molecule has 0 unspecified atom stereocenters. The zero-order valence-electron chi connectivity index (χ0n) is 10.6. The van der Waals surface area contributed by atoms with Crippen molar-refractivity contribution in [1.29, 1.82) is 0 Å². The van der Waals surface area contributed by atoms with E-state index in [-0.39, 0.29) is 5.63 Å². The number of rotatable bonds is 2. The summed E-state index contributed by atoms with van der Waals surface area (Å²) in [6, 6.07) is 10.1. The fourth-order valence-corrected chi connectivity index (χ4v) is 2.12. The molecular weight excluding hydrogens is 278 g/mol. The third kappa shape index (κ3) is 2.51. The zero-order chi connectivity index (χ0) is 14.1. The fraction of sp³-hybridized carbons (Fsp3) is 0.0667. The monoisotopic (exact) mass is 287 g/mol. The van der Waals surface area contributed by atoms with E-state index >= 15 is 0 Å². The molecule has 0 saturated heterocycles. The Morgan fingerprint density at radius 2 is 1.95 bits per heavy atom. The molecule has 2 aromatic heterocycles. The van der Waals surface area contributed by atoms with Crippen molar-refractivity contribution in [3.05, 3.63) is 63.7 Å². The summed E-state index contributed by atoms with van der Waals surface area (Å²) in [6.07, 6.45) is 1.56. The maximum absolute atomic E-state index is 11.4. The number of pyridine rings is 1. The molecule has 0 fully saturated rings. The first-order valence-electron chi connectivity index (χ1n) is 5.96. The second-order valence-electron chi connectivity index (χ2n) is 4.32. The van der Waals surface area contributed by atoms with Crippen LogP contribution in [-0.4, -0.2) is 4.98 Å². The predicted octanol–water partition coefficient (Wildman–Crippen LogP) is 3.94. The lowest BCUT2D eigenvalue weighted by Gasteiger charge is -2.07. The molecule has 100 valence electrons. The summed E-state index contributed by atoms with van der Waals surface area (Å²) in [6.45, 7) is 1.86. The molecule has 0 aliphatic rings. The highest BCUT2D eigenvalue weighted by Crippen LogP contribution is 2.27. The van der Waals surface area contributed by atoms with E-state index in [2.05, 4.69) is 4.98 Å². The van der Waals surface area contributed by atoms with Gasteiger partial charge in [-0.1, -0.05) is 11.6 Å². The first kappa shape index (κ1) is 12.7. The van der Waals surface area contributed by atoms with Crippen LogP contribution in [0.1, 0.15) is 5.56 Å². The number of nitrogens with zero attached hydrogens (tertiary/aromatic N) is 1. The van der Waals surface area contributed by atoms with Gasteiger partial charge in [-0.25, -0.2) is 9.78 Å². The van der Waals surface area contributed by atoms with Crippen LogP contribution in [0.25, 0.3) is 11.0 Å². The smallest absolute Gasteiger partial charge is 0.336 e. The number of hydrogen-bond donors (Lipinski definition) is 0. The summed E-state index contributed by atoms with van der Waals surface area (Å²) in [5, 5.41) is 1.23. The maximum Gasteiger partial charge on any atom is 0.336 e. The Kier molecular flexibility index (Phi) is 3.16. The molecule has 0 aliphatic carbocycles. The van der Waals surface area contributed by atoms with Crippen LogP contribution in [0.3, 0.4) is 0 Å². The summed E-state index contributed by atoms with van der Waals surface area (Å²) >= 11 is 5.80. The Hall–Kier alpha value is -2.33. The summed E-state index contributed by atoms with van der Waals surface area (Å²) < 4.78 is 10.8. The van der Waals surface area contributed by atoms with Crippen LogP contribution in [0.15, 0.2) is 51.8 Å². The first-order chi connectivity index (χ1) is 9.61. The Balaban J connectivity index is 2.03. The lowest BCUT2D eigenvalue weighted by Crippen LogP contribution is -1.97. The van der Waals surface area contributed by atoms with Crippen LogP contribution in [0, 0.1) is 6.92 Å². The third-order valence-corrected chi connectivity index (χ3v) is 3.06. The van der Waals surface area contributed by atoms with Gasteiger partial charge in [0.1, 0.15) is 22.2 Å². The van der Waals surface area contributed by atoms with Crippen LogP contribution in [0.4, 0.5) is 0 Å². The first-order valence-corrected chi connectivity index (χ1v) is 6.33. The molecule has 0 N–H and O–H groups in total. The molecule has 0 atom stereocenters. The fourth-order valence-electron chi connectivity index (χ4n) is 1.95. The summed E-state index contributed by atoms with van der Waals surface area (Å²) in [7, 11) is 0. The molecule has 4 nitrogen and oxygen atoms in total. The van der Waals surface area contributed by atoms with Gasteiger partial charge in [0, 0.05) is 29.8 Å². The molecule has 0 radical (unpaired) electrons. The van der Waals surface area contributed by atoms with Gasteiger partial charge in [0.2, 0.25) is 0 Å². The van der Waals surface area contributed by atoms with Gasteiger partial charge in [0.05, 0.1) is 0 Å². The minimum atomic E-state index is -0.376. The highest BCUT2D eigenvalue weighted by molar-refractivity contribution is 6.29. The van der Waals surface area contributed by atoms with Crippen LogP contribution in [0.5, 0.6) is 11.5 Å².